The smallest absolute Gasteiger partial charge is 0.133 e. The first-order chi connectivity index (χ1) is 9.88. The van der Waals surface area contributed by atoms with Crippen molar-refractivity contribution >= 4 is 0 Å². The average Bonchev–Trinajstić information content (AvgIpc) is 2.46. The summed E-state index contributed by atoms with van der Waals surface area (Å²) < 4.78 is 19.6. The van der Waals surface area contributed by atoms with Gasteiger partial charge < -0.3 is 9.84 Å². The number of nitrogens with zero attached hydrogens (tertiary/aromatic N) is 1. The summed E-state index contributed by atoms with van der Waals surface area (Å²) in [7, 11) is 1.44. The van der Waals surface area contributed by atoms with Crippen LogP contribution in [-0.4, -0.2) is 12.2 Å². The van der Waals surface area contributed by atoms with Crippen molar-refractivity contribution in [2.45, 2.75) is 45.1 Å². The Kier molecular flexibility index (Phi) is 4.25. The predicted molar refractivity (Wildman–Crippen MR) is 78.2 cm³/mol. The van der Waals surface area contributed by atoms with Crippen LogP contribution in [0, 0.1) is 28.5 Å². The van der Waals surface area contributed by atoms with Crippen LogP contribution in [0.2, 0.25) is 0 Å². The van der Waals surface area contributed by atoms with Crippen LogP contribution in [-0.2, 0) is 5.60 Å². The van der Waals surface area contributed by atoms with Crippen molar-refractivity contribution in [2.24, 2.45) is 11.3 Å². The van der Waals surface area contributed by atoms with Gasteiger partial charge in [-0.15, -0.1) is 0 Å². The number of aliphatic hydroxyl groups is 1. The molecule has 3 atom stereocenters. The number of rotatable bonds is 3. The third-order valence-electron chi connectivity index (χ3n) is 4.83. The van der Waals surface area contributed by atoms with Crippen LogP contribution in [0.4, 0.5) is 4.39 Å². The van der Waals surface area contributed by atoms with Crippen molar-refractivity contribution < 1.29 is 14.2 Å². The average molecular weight is 291 g/mol. The molecule has 3 nitrogen and oxygen atoms in total. The Morgan fingerprint density at radius 1 is 1.52 bits per heavy atom. The SMILES string of the molecule is COc1cccc(F)c1C(C)(O)C1(C#N)CCCC(C)C1. The molecule has 0 radical (unpaired) electrons. The second-order valence-electron chi connectivity index (χ2n) is 6.28. The van der Waals surface area contributed by atoms with Gasteiger partial charge in [0, 0.05) is 0 Å². The summed E-state index contributed by atoms with van der Waals surface area (Å²) in [6.07, 6.45) is 3.03. The summed E-state index contributed by atoms with van der Waals surface area (Å²) >= 11 is 0. The Hall–Kier alpha value is -1.60. The van der Waals surface area contributed by atoms with E-state index in [1.54, 1.807) is 6.07 Å². The molecule has 1 fully saturated rings. The lowest BCUT2D eigenvalue weighted by Gasteiger charge is -2.45. The van der Waals surface area contributed by atoms with Crippen molar-refractivity contribution in [1.82, 2.24) is 0 Å². The van der Waals surface area contributed by atoms with Crippen molar-refractivity contribution in [3.63, 3.8) is 0 Å². The summed E-state index contributed by atoms with van der Waals surface area (Å²) in [5, 5.41) is 20.9. The lowest BCUT2D eigenvalue weighted by atomic mass is 9.60. The van der Waals surface area contributed by atoms with E-state index in [0.29, 0.717) is 18.8 Å². The molecule has 1 aromatic rings. The maximum Gasteiger partial charge on any atom is 0.133 e. The molecule has 0 spiro atoms. The number of hydrogen-bond acceptors (Lipinski definition) is 3. The first kappa shape index (κ1) is 15.8. The van der Waals surface area contributed by atoms with Gasteiger partial charge >= 0.3 is 0 Å². The van der Waals surface area contributed by atoms with Crippen LogP contribution in [0.1, 0.15) is 45.1 Å². The van der Waals surface area contributed by atoms with Crippen molar-refractivity contribution in [2.75, 3.05) is 7.11 Å². The summed E-state index contributed by atoms with van der Waals surface area (Å²) in [5.41, 5.74) is -2.49. The molecule has 1 aliphatic rings. The number of hydrogen-bond donors (Lipinski definition) is 1. The van der Waals surface area contributed by atoms with Crippen molar-refractivity contribution in [3.05, 3.63) is 29.6 Å². The summed E-state index contributed by atoms with van der Waals surface area (Å²) in [4.78, 5) is 0. The minimum absolute atomic E-state index is 0.0863. The number of nitriles is 1. The van der Waals surface area contributed by atoms with Gasteiger partial charge in [-0.2, -0.15) is 5.26 Å². The standard InChI is InChI=1S/C17H22FNO2/c1-12-6-5-9-17(10-12,11-19)16(2,20)15-13(18)7-4-8-14(15)21-3/h4,7-8,12,20H,5-6,9-10H2,1-3H3. The second kappa shape index (κ2) is 5.65. The van der Waals surface area contributed by atoms with E-state index in [1.807, 2.05) is 0 Å². The maximum atomic E-state index is 14.3. The summed E-state index contributed by atoms with van der Waals surface area (Å²) in [5.74, 6) is 0.0858. The fourth-order valence-corrected chi connectivity index (χ4v) is 3.59. The lowest BCUT2D eigenvalue weighted by Crippen LogP contribution is -2.46. The van der Waals surface area contributed by atoms with Crippen LogP contribution < -0.4 is 4.74 Å². The molecule has 0 saturated heterocycles. The third-order valence-corrected chi connectivity index (χ3v) is 4.83. The Morgan fingerprint density at radius 3 is 2.81 bits per heavy atom. The summed E-state index contributed by atoms with van der Waals surface area (Å²) in [6.45, 7) is 3.61. The molecule has 4 heteroatoms. The van der Waals surface area contributed by atoms with Crippen molar-refractivity contribution in [1.29, 1.82) is 5.26 Å². The quantitative estimate of drug-likeness (QED) is 0.922. The fraction of sp³-hybridized carbons (Fsp3) is 0.588. The van der Waals surface area contributed by atoms with Gasteiger partial charge in [0.2, 0.25) is 0 Å². The van der Waals surface area contributed by atoms with E-state index >= 15 is 0 Å². The number of halogens is 1. The molecule has 0 amide bonds. The molecule has 3 unspecified atom stereocenters. The molecule has 1 aliphatic carbocycles. The number of ether oxygens (including phenoxy) is 1. The van der Waals surface area contributed by atoms with E-state index in [4.69, 9.17) is 4.74 Å². The predicted octanol–water partition coefficient (Wildman–Crippen LogP) is 3.76. The van der Waals surface area contributed by atoms with E-state index in [9.17, 15) is 14.8 Å². The highest BCUT2D eigenvalue weighted by molar-refractivity contribution is 5.42. The Morgan fingerprint density at radius 2 is 2.24 bits per heavy atom. The van der Waals surface area contributed by atoms with Gasteiger partial charge in [0.1, 0.15) is 17.2 Å². The van der Waals surface area contributed by atoms with Crippen LogP contribution in [0.25, 0.3) is 0 Å². The molecule has 1 saturated carbocycles. The maximum absolute atomic E-state index is 14.3. The zero-order valence-electron chi connectivity index (χ0n) is 12.8. The first-order valence-corrected chi connectivity index (χ1v) is 7.34. The zero-order valence-corrected chi connectivity index (χ0v) is 12.8. The third kappa shape index (κ3) is 2.51. The van der Waals surface area contributed by atoms with Gasteiger partial charge in [-0.3, -0.25) is 0 Å². The van der Waals surface area contributed by atoms with Gasteiger partial charge in [-0.25, -0.2) is 4.39 Å². The normalized spacial score (nSPS) is 28.5. The minimum atomic E-state index is -1.59. The molecule has 1 N–H and O–H groups in total. The molecular weight excluding hydrogens is 269 g/mol. The van der Waals surface area contributed by atoms with Crippen molar-refractivity contribution in [3.8, 4) is 11.8 Å². The molecule has 0 aromatic heterocycles. The molecule has 2 rings (SSSR count). The second-order valence-corrected chi connectivity index (χ2v) is 6.28. The minimum Gasteiger partial charge on any atom is -0.496 e. The van der Waals surface area contributed by atoms with E-state index in [1.165, 1.54) is 26.2 Å². The van der Waals surface area contributed by atoms with Gasteiger partial charge in [0.15, 0.2) is 0 Å². The van der Waals surface area contributed by atoms with Crippen LogP contribution in [0.15, 0.2) is 18.2 Å². The van der Waals surface area contributed by atoms with E-state index < -0.39 is 16.8 Å². The van der Waals surface area contributed by atoms with Crippen LogP contribution in [0.5, 0.6) is 5.75 Å². The zero-order chi connectivity index (χ0) is 15.7. The number of methoxy groups -OCH3 is 1. The van der Waals surface area contributed by atoms with Gasteiger partial charge in [0.25, 0.3) is 0 Å². The largest absolute Gasteiger partial charge is 0.496 e. The highest BCUT2D eigenvalue weighted by Gasteiger charge is 2.52. The van der Waals surface area contributed by atoms with E-state index in [0.717, 1.165) is 12.8 Å². The fourth-order valence-electron chi connectivity index (χ4n) is 3.59. The molecule has 0 heterocycles. The molecule has 0 aliphatic heterocycles. The monoisotopic (exact) mass is 291 g/mol. The first-order valence-electron chi connectivity index (χ1n) is 7.34. The Balaban J connectivity index is 2.57. The van der Waals surface area contributed by atoms with Crippen LogP contribution >= 0.6 is 0 Å². The Bertz CT molecular complexity index is 564. The van der Waals surface area contributed by atoms with E-state index in [-0.39, 0.29) is 11.3 Å². The summed E-state index contributed by atoms with van der Waals surface area (Å²) in [6, 6.07) is 6.74. The van der Waals surface area contributed by atoms with Gasteiger partial charge in [-0.1, -0.05) is 25.8 Å². The topological polar surface area (TPSA) is 53.2 Å². The lowest BCUT2D eigenvalue weighted by molar-refractivity contribution is -0.0755. The number of benzene rings is 1. The molecule has 1 aromatic carbocycles. The van der Waals surface area contributed by atoms with Gasteiger partial charge in [-0.05, 0) is 37.8 Å². The van der Waals surface area contributed by atoms with Crippen LogP contribution in [0.3, 0.4) is 0 Å². The Labute approximate surface area is 125 Å². The molecule has 114 valence electrons. The van der Waals surface area contributed by atoms with E-state index in [2.05, 4.69) is 13.0 Å². The molecule has 21 heavy (non-hydrogen) atoms. The van der Waals surface area contributed by atoms with Gasteiger partial charge in [0.05, 0.1) is 24.2 Å². The highest BCUT2D eigenvalue weighted by Crippen LogP contribution is 2.53. The molecular formula is C17H22FNO2. The highest BCUT2D eigenvalue weighted by atomic mass is 19.1. The molecule has 0 bridgehead atoms.